The average molecular weight is 263 g/mol. The smallest absolute Gasteiger partial charge is 0.258 e. The van der Waals surface area contributed by atoms with Gasteiger partial charge in [-0.3, -0.25) is 4.79 Å². The van der Waals surface area contributed by atoms with Crippen LogP contribution >= 0.6 is 0 Å². The summed E-state index contributed by atoms with van der Waals surface area (Å²) in [6.07, 6.45) is 0. The van der Waals surface area contributed by atoms with Crippen LogP contribution in [0.3, 0.4) is 0 Å². The lowest BCUT2D eigenvalue weighted by atomic mass is 9.86. The van der Waals surface area contributed by atoms with Crippen LogP contribution in [0.1, 0.15) is 45.7 Å². The first kappa shape index (κ1) is 15.7. The van der Waals surface area contributed by atoms with Gasteiger partial charge in [0.15, 0.2) is 0 Å². The third-order valence-electron chi connectivity index (χ3n) is 3.26. The summed E-state index contributed by atoms with van der Waals surface area (Å²) in [6, 6.07) is 6.13. The van der Waals surface area contributed by atoms with Gasteiger partial charge in [0, 0.05) is 12.7 Å². The van der Waals surface area contributed by atoms with E-state index >= 15 is 0 Å². The highest BCUT2D eigenvalue weighted by molar-refractivity contribution is 5.98. The number of carbonyl (C=O) groups excluding carboxylic acids is 1. The van der Waals surface area contributed by atoms with Gasteiger partial charge >= 0.3 is 0 Å². The molecule has 0 aromatic heterocycles. The average Bonchev–Trinajstić information content (AvgIpc) is 2.25. The summed E-state index contributed by atoms with van der Waals surface area (Å²) in [6.45, 7) is 11.4. The molecule has 0 atom stereocenters. The SMILES string of the molecule is Cc1ccc(C(C)(C)C)cc1N(C)C(=O)C(C)(C)O. The number of hydrogen-bond acceptors (Lipinski definition) is 2. The van der Waals surface area contributed by atoms with Gasteiger partial charge in [-0.25, -0.2) is 0 Å². The number of likely N-dealkylation sites (N-methyl/N-ethyl adjacent to an activating group) is 1. The molecule has 1 amide bonds. The molecule has 0 saturated carbocycles. The number of rotatable bonds is 2. The van der Waals surface area contributed by atoms with Gasteiger partial charge in [0.05, 0.1) is 0 Å². The highest BCUT2D eigenvalue weighted by atomic mass is 16.3. The van der Waals surface area contributed by atoms with Crippen molar-refractivity contribution in [2.45, 2.75) is 52.6 Å². The van der Waals surface area contributed by atoms with E-state index in [0.29, 0.717) is 0 Å². The van der Waals surface area contributed by atoms with Crippen molar-refractivity contribution in [1.82, 2.24) is 0 Å². The fourth-order valence-corrected chi connectivity index (χ4v) is 1.96. The fourth-order valence-electron chi connectivity index (χ4n) is 1.96. The van der Waals surface area contributed by atoms with Gasteiger partial charge < -0.3 is 10.0 Å². The van der Waals surface area contributed by atoms with E-state index in [1.54, 1.807) is 7.05 Å². The number of aliphatic hydroxyl groups is 1. The monoisotopic (exact) mass is 263 g/mol. The maximum Gasteiger partial charge on any atom is 0.258 e. The van der Waals surface area contributed by atoms with Crippen molar-refractivity contribution in [2.75, 3.05) is 11.9 Å². The standard InChI is InChI=1S/C16H25NO2/c1-11-8-9-12(15(2,3)4)10-13(11)17(7)14(18)16(5,6)19/h8-10,19H,1-7H3. The summed E-state index contributed by atoms with van der Waals surface area (Å²) in [4.78, 5) is 13.7. The molecule has 3 heteroatoms. The Balaban J connectivity index is 3.24. The van der Waals surface area contributed by atoms with Crippen LogP contribution in [0.4, 0.5) is 5.69 Å². The lowest BCUT2D eigenvalue weighted by Gasteiger charge is -2.28. The summed E-state index contributed by atoms with van der Waals surface area (Å²) < 4.78 is 0. The Morgan fingerprint density at radius 1 is 1.16 bits per heavy atom. The molecule has 0 unspecified atom stereocenters. The molecule has 0 aliphatic rings. The number of amides is 1. The second-order valence-electron chi connectivity index (χ2n) is 6.67. The van der Waals surface area contributed by atoms with E-state index in [0.717, 1.165) is 11.3 Å². The fraction of sp³-hybridized carbons (Fsp3) is 0.562. The molecule has 106 valence electrons. The van der Waals surface area contributed by atoms with Crippen molar-refractivity contribution < 1.29 is 9.90 Å². The minimum Gasteiger partial charge on any atom is -0.381 e. The molecule has 0 spiro atoms. The number of benzene rings is 1. The molecule has 0 heterocycles. The predicted molar refractivity (Wildman–Crippen MR) is 79.6 cm³/mol. The molecule has 19 heavy (non-hydrogen) atoms. The van der Waals surface area contributed by atoms with Gasteiger partial charge in [-0.05, 0) is 43.4 Å². The highest BCUT2D eigenvalue weighted by Crippen LogP contribution is 2.29. The Bertz CT molecular complexity index is 479. The molecule has 1 N–H and O–H groups in total. The molecular weight excluding hydrogens is 238 g/mol. The van der Waals surface area contributed by atoms with E-state index in [2.05, 4.69) is 26.8 Å². The summed E-state index contributed by atoms with van der Waals surface area (Å²) in [7, 11) is 1.70. The molecule has 1 rings (SSSR count). The lowest BCUT2D eigenvalue weighted by Crippen LogP contribution is -2.43. The Kier molecular flexibility index (Phi) is 4.11. The minimum absolute atomic E-state index is 0.0288. The predicted octanol–water partition coefficient (Wildman–Crippen LogP) is 3.03. The zero-order valence-corrected chi connectivity index (χ0v) is 13.0. The van der Waals surface area contributed by atoms with Crippen molar-refractivity contribution in [3.05, 3.63) is 29.3 Å². The van der Waals surface area contributed by atoms with Gasteiger partial charge in [0.2, 0.25) is 0 Å². The quantitative estimate of drug-likeness (QED) is 0.891. The van der Waals surface area contributed by atoms with Gasteiger partial charge in [-0.2, -0.15) is 0 Å². The summed E-state index contributed by atoms with van der Waals surface area (Å²) in [5.41, 5.74) is 1.70. The van der Waals surface area contributed by atoms with Crippen LogP contribution < -0.4 is 4.90 Å². The molecule has 0 aliphatic carbocycles. The van der Waals surface area contributed by atoms with E-state index in [4.69, 9.17) is 0 Å². The largest absolute Gasteiger partial charge is 0.381 e. The molecule has 0 radical (unpaired) electrons. The zero-order valence-electron chi connectivity index (χ0n) is 13.0. The van der Waals surface area contributed by atoms with Gasteiger partial charge in [-0.15, -0.1) is 0 Å². The van der Waals surface area contributed by atoms with Crippen LogP contribution in [0.15, 0.2) is 18.2 Å². The normalized spacial score (nSPS) is 12.4. The van der Waals surface area contributed by atoms with Crippen molar-refractivity contribution in [3.63, 3.8) is 0 Å². The van der Waals surface area contributed by atoms with Crippen LogP contribution in [0.25, 0.3) is 0 Å². The first-order valence-corrected chi connectivity index (χ1v) is 6.56. The zero-order chi connectivity index (χ0) is 15.0. The summed E-state index contributed by atoms with van der Waals surface area (Å²) >= 11 is 0. The van der Waals surface area contributed by atoms with E-state index in [9.17, 15) is 9.90 Å². The summed E-state index contributed by atoms with van der Waals surface area (Å²) in [5, 5.41) is 9.85. The van der Waals surface area contributed by atoms with E-state index in [-0.39, 0.29) is 11.3 Å². The van der Waals surface area contributed by atoms with Crippen molar-refractivity contribution in [2.24, 2.45) is 0 Å². The van der Waals surface area contributed by atoms with E-state index in [1.807, 2.05) is 19.1 Å². The lowest BCUT2D eigenvalue weighted by molar-refractivity contribution is -0.133. The van der Waals surface area contributed by atoms with Crippen LogP contribution in [-0.4, -0.2) is 23.7 Å². The number of hydrogen-bond donors (Lipinski definition) is 1. The van der Waals surface area contributed by atoms with Gasteiger partial charge in [0.25, 0.3) is 5.91 Å². The third kappa shape index (κ3) is 3.57. The van der Waals surface area contributed by atoms with E-state index in [1.165, 1.54) is 24.3 Å². The van der Waals surface area contributed by atoms with E-state index < -0.39 is 5.60 Å². The Morgan fingerprint density at radius 2 is 1.68 bits per heavy atom. The number of aryl methyl sites for hydroxylation is 1. The second-order valence-corrected chi connectivity index (χ2v) is 6.67. The van der Waals surface area contributed by atoms with Crippen LogP contribution in [0.2, 0.25) is 0 Å². The topological polar surface area (TPSA) is 40.5 Å². The molecule has 0 fully saturated rings. The van der Waals surface area contributed by atoms with Crippen LogP contribution in [0.5, 0.6) is 0 Å². The highest BCUT2D eigenvalue weighted by Gasteiger charge is 2.29. The summed E-state index contributed by atoms with van der Waals surface area (Å²) in [5.74, 6) is -0.304. The molecule has 1 aromatic carbocycles. The number of nitrogens with zero attached hydrogens (tertiary/aromatic N) is 1. The Morgan fingerprint density at radius 3 is 2.11 bits per heavy atom. The van der Waals surface area contributed by atoms with Crippen LogP contribution in [0, 0.1) is 6.92 Å². The molecule has 1 aromatic rings. The molecule has 0 bridgehead atoms. The van der Waals surface area contributed by atoms with Crippen LogP contribution in [-0.2, 0) is 10.2 Å². The first-order valence-electron chi connectivity index (χ1n) is 6.56. The number of carbonyl (C=O) groups is 1. The van der Waals surface area contributed by atoms with Gasteiger partial charge in [0.1, 0.15) is 5.60 Å². The van der Waals surface area contributed by atoms with Crippen molar-refractivity contribution in [3.8, 4) is 0 Å². The minimum atomic E-state index is -1.36. The van der Waals surface area contributed by atoms with Crippen molar-refractivity contribution >= 4 is 11.6 Å². The number of anilines is 1. The second kappa shape index (κ2) is 4.97. The Labute approximate surface area is 116 Å². The molecule has 3 nitrogen and oxygen atoms in total. The molecule has 0 saturated heterocycles. The van der Waals surface area contributed by atoms with Crippen molar-refractivity contribution in [1.29, 1.82) is 0 Å². The Hall–Kier alpha value is -1.35. The third-order valence-corrected chi connectivity index (χ3v) is 3.26. The maximum atomic E-state index is 12.2. The molecular formula is C16H25NO2. The van der Waals surface area contributed by atoms with Gasteiger partial charge in [-0.1, -0.05) is 32.9 Å². The maximum absolute atomic E-state index is 12.2. The molecule has 0 aliphatic heterocycles. The first-order chi connectivity index (χ1) is 8.44.